The van der Waals surface area contributed by atoms with E-state index in [4.69, 9.17) is 16.3 Å². The van der Waals surface area contributed by atoms with Crippen molar-refractivity contribution in [1.29, 1.82) is 0 Å². The molecule has 3 rings (SSSR count). The molecule has 2 aromatic carbocycles. The molecule has 21 heavy (non-hydrogen) atoms. The Labute approximate surface area is 126 Å². The van der Waals surface area contributed by atoms with E-state index in [1.54, 1.807) is 42.7 Å². The number of benzene rings is 2. The number of aromatic nitrogens is 2. The van der Waals surface area contributed by atoms with Crippen LogP contribution in [0.1, 0.15) is 0 Å². The highest BCUT2D eigenvalue weighted by molar-refractivity contribution is 6.33. The molecule has 6 heteroatoms. The zero-order chi connectivity index (χ0) is 14.8. The second-order valence-electron chi connectivity index (χ2n) is 4.50. The molecule has 3 aromatic rings. The molecule has 0 aliphatic rings. The summed E-state index contributed by atoms with van der Waals surface area (Å²) in [5.41, 5.74) is 2.23. The molecule has 1 heterocycles. The zero-order valence-corrected chi connectivity index (χ0v) is 12.0. The van der Waals surface area contributed by atoms with Crippen LogP contribution in [0.2, 0.25) is 5.02 Å². The Kier molecular flexibility index (Phi) is 3.50. The van der Waals surface area contributed by atoms with Crippen LogP contribution in [0.25, 0.3) is 11.0 Å². The minimum Gasteiger partial charge on any atom is -0.410 e. The third kappa shape index (κ3) is 2.83. The Morgan fingerprint density at radius 2 is 2.10 bits per heavy atom. The van der Waals surface area contributed by atoms with E-state index in [1.165, 1.54) is 0 Å². The van der Waals surface area contributed by atoms with Gasteiger partial charge in [0.15, 0.2) is 0 Å². The molecule has 0 unspecified atom stereocenters. The molecule has 1 aromatic heterocycles. The van der Waals surface area contributed by atoms with Crippen molar-refractivity contribution in [2.24, 2.45) is 7.05 Å². The molecule has 5 nitrogen and oxygen atoms in total. The fraction of sp³-hybridized carbons (Fsp3) is 0.0667. The summed E-state index contributed by atoms with van der Waals surface area (Å²) in [6.07, 6.45) is 1.11. The van der Waals surface area contributed by atoms with Gasteiger partial charge in [-0.15, -0.1) is 0 Å². The molecule has 106 valence electrons. The van der Waals surface area contributed by atoms with E-state index >= 15 is 0 Å². The SMILES string of the molecule is Cn1cnc2cc(OC(=O)Nc3ccccc3Cl)ccc21. The number of anilines is 1. The van der Waals surface area contributed by atoms with Gasteiger partial charge in [0.05, 0.1) is 28.1 Å². The fourth-order valence-corrected chi connectivity index (χ4v) is 2.17. The van der Waals surface area contributed by atoms with E-state index in [-0.39, 0.29) is 0 Å². The number of hydrogen-bond donors (Lipinski definition) is 1. The van der Waals surface area contributed by atoms with E-state index in [0.717, 1.165) is 11.0 Å². The summed E-state index contributed by atoms with van der Waals surface area (Å²) in [5.74, 6) is 0.422. The molecule has 0 bridgehead atoms. The van der Waals surface area contributed by atoms with Crippen molar-refractivity contribution in [2.75, 3.05) is 5.32 Å². The second-order valence-corrected chi connectivity index (χ2v) is 4.91. The number of halogens is 1. The van der Waals surface area contributed by atoms with Crippen molar-refractivity contribution in [2.45, 2.75) is 0 Å². The van der Waals surface area contributed by atoms with Crippen LogP contribution in [0.4, 0.5) is 10.5 Å². The maximum absolute atomic E-state index is 11.9. The lowest BCUT2D eigenvalue weighted by molar-refractivity contribution is 0.215. The maximum Gasteiger partial charge on any atom is 0.417 e. The standard InChI is InChI=1S/C15H12ClN3O2/c1-19-9-17-13-8-10(6-7-14(13)19)21-15(20)18-12-5-3-2-4-11(12)16/h2-9H,1H3,(H,18,20). The quantitative estimate of drug-likeness (QED) is 0.782. The summed E-state index contributed by atoms with van der Waals surface area (Å²) >= 11 is 5.97. The number of carbonyl (C=O) groups excluding carboxylic acids is 1. The molecule has 0 saturated heterocycles. The van der Waals surface area contributed by atoms with Gasteiger partial charge in [-0.25, -0.2) is 9.78 Å². The Balaban J connectivity index is 1.75. The van der Waals surface area contributed by atoms with E-state index in [9.17, 15) is 4.79 Å². The van der Waals surface area contributed by atoms with Crippen LogP contribution in [-0.4, -0.2) is 15.6 Å². The van der Waals surface area contributed by atoms with Gasteiger partial charge < -0.3 is 9.30 Å². The van der Waals surface area contributed by atoms with Crippen LogP contribution in [0.5, 0.6) is 5.75 Å². The molecule has 0 atom stereocenters. The molecular weight excluding hydrogens is 290 g/mol. The predicted octanol–water partition coefficient (Wildman–Crippen LogP) is 3.84. The topological polar surface area (TPSA) is 56.2 Å². The average molecular weight is 302 g/mol. The highest BCUT2D eigenvalue weighted by Crippen LogP contribution is 2.22. The number of fused-ring (bicyclic) bond motifs is 1. The van der Waals surface area contributed by atoms with Crippen molar-refractivity contribution in [3.05, 3.63) is 53.8 Å². The Morgan fingerprint density at radius 1 is 1.29 bits per heavy atom. The number of nitrogens with one attached hydrogen (secondary N) is 1. The number of imidazole rings is 1. The van der Waals surface area contributed by atoms with Crippen LogP contribution in [-0.2, 0) is 7.05 Å². The normalized spacial score (nSPS) is 10.6. The minimum absolute atomic E-state index is 0.422. The highest BCUT2D eigenvalue weighted by Gasteiger charge is 2.09. The van der Waals surface area contributed by atoms with Crippen molar-refractivity contribution >= 4 is 34.4 Å². The summed E-state index contributed by atoms with van der Waals surface area (Å²) < 4.78 is 7.12. The first-order valence-corrected chi connectivity index (χ1v) is 6.66. The second kappa shape index (κ2) is 5.46. The number of nitrogens with zero attached hydrogens (tertiary/aromatic N) is 2. The Hall–Kier alpha value is -2.53. The number of carbonyl (C=O) groups is 1. The van der Waals surface area contributed by atoms with E-state index < -0.39 is 6.09 Å². The smallest absolute Gasteiger partial charge is 0.410 e. The first kappa shape index (κ1) is 13.5. The summed E-state index contributed by atoms with van der Waals surface area (Å²) in [4.78, 5) is 16.1. The van der Waals surface area contributed by atoms with Crippen molar-refractivity contribution < 1.29 is 9.53 Å². The number of ether oxygens (including phenoxy) is 1. The van der Waals surface area contributed by atoms with Gasteiger partial charge in [-0.2, -0.15) is 0 Å². The third-order valence-corrected chi connectivity index (χ3v) is 3.35. The monoisotopic (exact) mass is 301 g/mol. The first-order valence-electron chi connectivity index (χ1n) is 6.28. The molecule has 0 aliphatic carbocycles. The van der Waals surface area contributed by atoms with Gasteiger partial charge in [0.25, 0.3) is 0 Å². The lowest BCUT2D eigenvalue weighted by Gasteiger charge is -2.08. The molecule has 0 spiro atoms. The lowest BCUT2D eigenvalue weighted by atomic mass is 10.3. The van der Waals surface area contributed by atoms with Crippen LogP contribution >= 0.6 is 11.6 Å². The highest BCUT2D eigenvalue weighted by atomic mass is 35.5. The average Bonchev–Trinajstić information content (AvgIpc) is 2.82. The fourth-order valence-electron chi connectivity index (χ4n) is 1.98. The molecule has 1 N–H and O–H groups in total. The zero-order valence-electron chi connectivity index (χ0n) is 11.2. The van der Waals surface area contributed by atoms with E-state index in [2.05, 4.69) is 10.3 Å². The van der Waals surface area contributed by atoms with Gasteiger partial charge in [-0.1, -0.05) is 23.7 Å². The molecule has 0 saturated carbocycles. The van der Waals surface area contributed by atoms with Crippen LogP contribution < -0.4 is 10.1 Å². The molecule has 0 fully saturated rings. The van der Waals surface area contributed by atoms with E-state index in [0.29, 0.717) is 16.5 Å². The van der Waals surface area contributed by atoms with Crippen molar-refractivity contribution in [3.63, 3.8) is 0 Å². The van der Waals surface area contributed by atoms with Crippen molar-refractivity contribution in [1.82, 2.24) is 9.55 Å². The Morgan fingerprint density at radius 3 is 2.90 bits per heavy atom. The third-order valence-electron chi connectivity index (χ3n) is 3.02. The predicted molar refractivity (Wildman–Crippen MR) is 81.8 cm³/mol. The van der Waals surface area contributed by atoms with Gasteiger partial charge in [-0.3, -0.25) is 5.32 Å². The minimum atomic E-state index is -0.599. The summed E-state index contributed by atoms with van der Waals surface area (Å²) in [7, 11) is 1.90. The first-order chi connectivity index (χ1) is 10.1. The number of para-hydroxylation sites is 1. The number of amides is 1. The van der Waals surface area contributed by atoms with Gasteiger partial charge in [0.1, 0.15) is 5.75 Å². The van der Waals surface area contributed by atoms with Crippen LogP contribution in [0.3, 0.4) is 0 Å². The number of hydrogen-bond acceptors (Lipinski definition) is 3. The summed E-state index contributed by atoms with van der Waals surface area (Å²) in [6, 6.07) is 12.2. The molecule has 0 radical (unpaired) electrons. The van der Waals surface area contributed by atoms with Crippen molar-refractivity contribution in [3.8, 4) is 5.75 Å². The Bertz CT molecular complexity index is 814. The molecular formula is C15H12ClN3O2. The summed E-state index contributed by atoms with van der Waals surface area (Å²) in [6.45, 7) is 0. The van der Waals surface area contributed by atoms with Gasteiger partial charge in [-0.05, 0) is 24.3 Å². The molecule has 0 aliphatic heterocycles. The maximum atomic E-state index is 11.9. The van der Waals surface area contributed by atoms with Gasteiger partial charge in [0, 0.05) is 13.1 Å². The van der Waals surface area contributed by atoms with Gasteiger partial charge in [0.2, 0.25) is 0 Å². The van der Waals surface area contributed by atoms with Crippen LogP contribution in [0, 0.1) is 0 Å². The summed E-state index contributed by atoms with van der Waals surface area (Å²) in [5, 5.41) is 3.05. The van der Waals surface area contributed by atoms with E-state index in [1.807, 2.05) is 17.7 Å². The van der Waals surface area contributed by atoms with Crippen LogP contribution in [0.15, 0.2) is 48.8 Å². The number of rotatable bonds is 2. The largest absolute Gasteiger partial charge is 0.417 e. The lowest BCUT2D eigenvalue weighted by Crippen LogP contribution is -2.16. The number of aryl methyl sites for hydroxylation is 1. The van der Waals surface area contributed by atoms with Gasteiger partial charge >= 0.3 is 6.09 Å². The molecule has 1 amide bonds.